The highest BCUT2D eigenvalue weighted by Gasteiger charge is 2.55. The normalized spacial score (nSPS) is 15.2. The highest BCUT2D eigenvalue weighted by Crippen LogP contribution is 2.36. The lowest BCUT2D eigenvalue weighted by Gasteiger charge is -2.28. The van der Waals surface area contributed by atoms with Gasteiger partial charge in [-0.3, -0.25) is 14.9 Å². The number of hydrogen-bond acceptors (Lipinski definition) is 7. The van der Waals surface area contributed by atoms with Gasteiger partial charge in [-0.2, -0.15) is 4.90 Å². The van der Waals surface area contributed by atoms with E-state index in [4.69, 9.17) is 9.47 Å². The molecule has 2 N–H and O–H groups in total. The Morgan fingerprint density at radius 3 is 1.83 bits per heavy atom. The maximum absolute atomic E-state index is 13.9. The lowest BCUT2D eigenvalue weighted by Crippen LogP contribution is -2.50. The van der Waals surface area contributed by atoms with Crippen molar-refractivity contribution in [3.63, 3.8) is 0 Å². The molecule has 1 aliphatic heterocycles. The highest BCUT2D eigenvalue weighted by atomic mass is 16.6. The van der Waals surface area contributed by atoms with Crippen molar-refractivity contribution >= 4 is 36.0 Å². The Labute approximate surface area is 238 Å². The van der Waals surface area contributed by atoms with Gasteiger partial charge >= 0.3 is 18.2 Å². The largest absolute Gasteiger partial charge is 0.444 e. The van der Waals surface area contributed by atoms with Gasteiger partial charge in [-0.25, -0.2) is 14.4 Å². The summed E-state index contributed by atoms with van der Waals surface area (Å²) in [5.41, 5.74) is -2.47. The third-order valence-corrected chi connectivity index (χ3v) is 5.62. The Bertz CT molecular complexity index is 1310. The van der Waals surface area contributed by atoms with E-state index in [1.807, 2.05) is 0 Å². The lowest BCUT2D eigenvalue weighted by molar-refractivity contribution is -0.141. The number of rotatable bonds is 4. The third-order valence-electron chi connectivity index (χ3n) is 5.62. The number of ether oxygens (including phenoxy) is 2. The predicted molar refractivity (Wildman–Crippen MR) is 150 cm³/mol. The van der Waals surface area contributed by atoms with E-state index in [-0.39, 0.29) is 5.96 Å². The number of carbonyl (C=O) groups is 5. The van der Waals surface area contributed by atoms with Gasteiger partial charge in [0.2, 0.25) is 5.96 Å². The number of guanidine groups is 1. The molecule has 0 aliphatic carbocycles. The first-order valence-electron chi connectivity index (χ1n) is 12.9. The number of imide groups is 3. The van der Waals surface area contributed by atoms with Crippen LogP contribution in [0, 0.1) is 0 Å². The zero-order valence-corrected chi connectivity index (χ0v) is 24.2. The van der Waals surface area contributed by atoms with E-state index >= 15 is 0 Å². The quantitative estimate of drug-likeness (QED) is 0.324. The van der Waals surface area contributed by atoms with Crippen molar-refractivity contribution in [1.29, 1.82) is 0 Å². The van der Waals surface area contributed by atoms with Crippen molar-refractivity contribution < 1.29 is 33.4 Å². The molecule has 1 aliphatic rings. The van der Waals surface area contributed by atoms with Gasteiger partial charge < -0.3 is 19.7 Å². The van der Waals surface area contributed by atoms with Gasteiger partial charge in [-0.05, 0) is 52.7 Å². The van der Waals surface area contributed by atoms with Gasteiger partial charge in [-0.15, -0.1) is 4.99 Å². The molecule has 12 nitrogen and oxygen atoms in total. The number of carbonyl (C=O) groups excluding carboxylic acids is 5. The maximum atomic E-state index is 13.9. The van der Waals surface area contributed by atoms with Crippen molar-refractivity contribution in [2.24, 2.45) is 4.99 Å². The van der Waals surface area contributed by atoms with Crippen molar-refractivity contribution in [3.05, 3.63) is 71.8 Å². The average Bonchev–Trinajstić information content (AvgIpc) is 3.13. The molecular weight excluding hydrogens is 530 g/mol. The second-order valence-corrected chi connectivity index (χ2v) is 11.3. The zero-order valence-electron chi connectivity index (χ0n) is 24.2. The van der Waals surface area contributed by atoms with E-state index < -0.39 is 53.3 Å². The minimum Gasteiger partial charge on any atom is -0.444 e. The number of nitrogens with zero attached hydrogens (tertiary/aromatic N) is 3. The summed E-state index contributed by atoms with van der Waals surface area (Å²) in [5, 5.41) is 5.04. The molecule has 1 heterocycles. The number of benzene rings is 2. The molecule has 0 saturated carbocycles. The van der Waals surface area contributed by atoms with Crippen LogP contribution >= 0.6 is 0 Å². The summed E-state index contributed by atoms with van der Waals surface area (Å²) in [6, 6.07) is 16.2. The van der Waals surface area contributed by atoms with Crippen LogP contribution in [0.3, 0.4) is 0 Å². The number of alkyl carbamates (subject to hydrolysis) is 1. The van der Waals surface area contributed by atoms with Gasteiger partial charge in [-0.1, -0.05) is 60.7 Å². The van der Waals surface area contributed by atoms with Gasteiger partial charge in [0.25, 0.3) is 11.8 Å². The summed E-state index contributed by atoms with van der Waals surface area (Å²) in [6.07, 6.45) is -1.98. The molecule has 218 valence electrons. The minimum absolute atomic E-state index is 0.383. The molecule has 6 amide bonds. The fourth-order valence-corrected chi connectivity index (χ4v) is 4.01. The number of aliphatic imine (C=N–C) groups is 1. The first kappa shape index (κ1) is 30.8. The SMILES string of the molecule is CN(CC(=O)N1C(=O)NC(c2ccccc2)(c2ccccc2)C1=O)/C(=N/C(=O)OC(C)(C)C)NC(=O)OC(C)(C)C. The predicted octanol–water partition coefficient (Wildman–Crippen LogP) is 3.76. The van der Waals surface area contributed by atoms with Crippen molar-refractivity contribution in [3.8, 4) is 0 Å². The van der Waals surface area contributed by atoms with E-state index in [0.29, 0.717) is 16.0 Å². The molecule has 1 saturated heterocycles. The van der Waals surface area contributed by atoms with Gasteiger partial charge in [0, 0.05) is 7.05 Å². The number of urea groups is 1. The van der Waals surface area contributed by atoms with E-state index in [0.717, 1.165) is 4.90 Å². The van der Waals surface area contributed by atoms with E-state index in [1.54, 1.807) is 102 Å². The second-order valence-electron chi connectivity index (χ2n) is 11.3. The maximum Gasteiger partial charge on any atom is 0.437 e. The lowest BCUT2D eigenvalue weighted by atomic mass is 9.82. The second kappa shape index (κ2) is 11.8. The van der Waals surface area contributed by atoms with Crippen LogP contribution in [0.1, 0.15) is 52.7 Å². The zero-order chi connectivity index (χ0) is 30.6. The van der Waals surface area contributed by atoms with Crippen molar-refractivity contribution in [1.82, 2.24) is 20.4 Å². The molecule has 0 atom stereocenters. The van der Waals surface area contributed by atoms with E-state index in [9.17, 15) is 24.0 Å². The molecular formula is C29H35N5O7. The Balaban J connectivity index is 1.92. The van der Waals surface area contributed by atoms with Crippen LogP contribution in [0.25, 0.3) is 0 Å². The molecule has 1 fully saturated rings. The first-order valence-corrected chi connectivity index (χ1v) is 12.9. The molecule has 0 aromatic heterocycles. The van der Waals surface area contributed by atoms with Crippen molar-refractivity contribution in [2.75, 3.05) is 13.6 Å². The summed E-state index contributed by atoms with van der Waals surface area (Å²) >= 11 is 0. The van der Waals surface area contributed by atoms with Gasteiger partial charge in [0.1, 0.15) is 17.7 Å². The Morgan fingerprint density at radius 2 is 1.37 bits per heavy atom. The van der Waals surface area contributed by atoms with Crippen LogP contribution in [0.2, 0.25) is 0 Å². The smallest absolute Gasteiger partial charge is 0.437 e. The average molecular weight is 566 g/mol. The summed E-state index contributed by atoms with van der Waals surface area (Å²) in [7, 11) is 1.35. The molecule has 2 aromatic rings. The molecule has 0 unspecified atom stereocenters. The highest BCUT2D eigenvalue weighted by molar-refractivity contribution is 6.20. The topological polar surface area (TPSA) is 147 Å². The number of likely N-dealkylation sites (N-methyl/N-ethyl adjacent to an activating group) is 1. The number of amides is 6. The van der Waals surface area contributed by atoms with Crippen LogP contribution in [-0.2, 0) is 24.6 Å². The fourth-order valence-electron chi connectivity index (χ4n) is 4.01. The van der Waals surface area contributed by atoms with Gasteiger partial charge in [0.15, 0.2) is 5.54 Å². The van der Waals surface area contributed by atoms with Crippen molar-refractivity contribution in [2.45, 2.75) is 58.3 Å². The summed E-state index contributed by atoms with van der Waals surface area (Å²) in [6.45, 7) is 9.24. The Morgan fingerprint density at radius 1 is 0.878 bits per heavy atom. The standard InChI is InChI=1S/C29H35N5O7/c1-27(2,3)40-25(38)30-23(31-26(39)41-28(4,5)6)33(7)18-21(35)34-22(36)29(32-24(34)37,19-14-10-8-11-15-19)20-16-12-9-13-17-20/h8-17H,18H2,1-7H3,(H,32,37)(H,30,31,38,39). The van der Waals surface area contributed by atoms with Crippen LogP contribution in [0.5, 0.6) is 0 Å². The summed E-state index contributed by atoms with van der Waals surface area (Å²) < 4.78 is 10.4. The molecule has 2 aromatic carbocycles. The van der Waals surface area contributed by atoms with E-state index in [1.165, 1.54) is 7.05 Å². The molecule has 0 spiro atoms. The molecule has 0 bridgehead atoms. The van der Waals surface area contributed by atoms with Crippen LogP contribution in [-0.4, -0.2) is 70.6 Å². The third kappa shape index (κ3) is 7.47. The van der Waals surface area contributed by atoms with Crippen LogP contribution in [0.4, 0.5) is 14.4 Å². The molecule has 12 heteroatoms. The van der Waals surface area contributed by atoms with Gasteiger partial charge in [0.05, 0.1) is 0 Å². The number of nitrogens with one attached hydrogen (secondary N) is 2. The summed E-state index contributed by atoms with van der Waals surface area (Å²) in [5.74, 6) is -2.11. The molecule has 3 rings (SSSR count). The van der Waals surface area contributed by atoms with Crippen LogP contribution in [0.15, 0.2) is 65.7 Å². The van der Waals surface area contributed by atoms with E-state index in [2.05, 4.69) is 15.6 Å². The number of hydrogen-bond donors (Lipinski definition) is 2. The first-order chi connectivity index (χ1) is 19.0. The van der Waals surface area contributed by atoms with Crippen LogP contribution < -0.4 is 10.6 Å². The molecule has 41 heavy (non-hydrogen) atoms. The fraction of sp³-hybridized carbons (Fsp3) is 0.379. The Hall–Kier alpha value is -4.74. The summed E-state index contributed by atoms with van der Waals surface area (Å²) in [4.78, 5) is 70.8. The molecule has 0 radical (unpaired) electrons. The monoisotopic (exact) mass is 565 g/mol. The minimum atomic E-state index is -1.64. The Kier molecular flexibility index (Phi) is 8.85.